The van der Waals surface area contributed by atoms with Gasteiger partial charge in [0, 0.05) is 13.2 Å². The minimum absolute atomic E-state index is 0.0847. The summed E-state index contributed by atoms with van der Waals surface area (Å²) in [5.74, 6) is -0.290. The zero-order valence-electron chi connectivity index (χ0n) is 11.2. The molecule has 0 fully saturated rings. The number of hydrogen-bond acceptors (Lipinski definition) is 4. The SMILES string of the molecule is CC(C)(CCCO)CNC(=O)c1cc(N)cnc1Cl. The van der Waals surface area contributed by atoms with Crippen LogP contribution in [0.1, 0.15) is 37.0 Å². The quantitative estimate of drug-likeness (QED) is 0.696. The van der Waals surface area contributed by atoms with E-state index in [0.29, 0.717) is 18.7 Å². The third-order valence-corrected chi connectivity index (χ3v) is 3.15. The van der Waals surface area contributed by atoms with E-state index in [-0.39, 0.29) is 28.6 Å². The van der Waals surface area contributed by atoms with Gasteiger partial charge in [-0.3, -0.25) is 4.79 Å². The molecule has 4 N–H and O–H groups in total. The van der Waals surface area contributed by atoms with Crippen LogP contribution in [0.2, 0.25) is 5.15 Å². The van der Waals surface area contributed by atoms with Crippen LogP contribution >= 0.6 is 11.6 Å². The molecular formula is C13H20ClN3O2. The van der Waals surface area contributed by atoms with E-state index in [1.165, 1.54) is 12.3 Å². The van der Waals surface area contributed by atoms with Crippen LogP contribution in [0.4, 0.5) is 5.69 Å². The molecule has 1 amide bonds. The molecule has 0 unspecified atom stereocenters. The van der Waals surface area contributed by atoms with Gasteiger partial charge in [0.1, 0.15) is 5.15 Å². The molecule has 0 aliphatic rings. The second kappa shape index (κ2) is 6.73. The van der Waals surface area contributed by atoms with Crippen molar-refractivity contribution in [2.75, 3.05) is 18.9 Å². The highest BCUT2D eigenvalue weighted by Gasteiger charge is 2.20. The molecule has 1 aromatic heterocycles. The Bertz CT molecular complexity index is 450. The lowest BCUT2D eigenvalue weighted by atomic mass is 9.88. The first-order chi connectivity index (χ1) is 8.85. The topological polar surface area (TPSA) is 88.2 Å². The monoisotopic (exact) mass is 285 g/mol. The number of aliphatic hydroxyl groups is 1. The van der Waals surface area contributed by atoms with Crippen LogP contribution in [0.25, 0.3) is 0 Å². The highest BCUT2D eigenvalue weighted by molar-refractivity contribution is 6.32. The Labute approximate surface area is 118 Å². The van der Waals surface area contributed by atoms with Crippen molar-refractivity contribution in [3.63, 3.8) is 0 Å². The van der Waals surface area contributed by atoms with Gasteiger partial charge in [-0.15, -0.1) is 0 Å². The molecule has 6 heteroatoms. The van der Waals surface area contributed by atoms with Gasteiger partial charge in [0.2, 0.25) is 0 Å². The average Bonchev–Trinajstić information content (AvgIpc) is 2.36. The predicted molar refractivity (Wildman–Crippen MR) is 76.1 cm³/mol. The fourth-order valence-electron chi connectivity index (χ4n) is 1.68. The zero-order valence-corrected chi connectivity index (χ0v) is 12.0. The van der Waals surface area contributed by atoms with Gasteiger partial charge in [0.25, 0.3) is 5.91 Å². The number of carbonyl (C=O) groups is 1. The van der Waals surface area contributed by atoms with Gasteiger partial charge >= 0.3 is 0 Å². The van der Waals surface area contributed by atoms with E-state index in [9.17, 15) is 4.79 Å². The van der Waals surface area contributed by atoms with Gasteiger partial charge in [-0.2, -0.15) is 0 Å². The number of hydrogen-bond donors (Lipinski definition) is 3. The van der Waals surface area contributed by atoms with Crippen LogP contribution in [0, 0.1) is 5.41 Å². The van der Waals surface area contributed by atoms with Crippen LogP contribution in [-0.4, -0.2) is 29.1 Å². The maximum Gasteiger partial charge on any atom is 0.254 e. The van der Waals surface area contributed by atoms with Gasteiger partial charge in [0.15, 0.2) is 0 Å². The Balaban J connectivity index is 2.62. The van der Waals surface area contributed by atoms with E-state index in [1.807, 2.05) is 13.8 Å². The molecule has 0 saturated heterocycles. The van der Waals surface area contributed by atoms with Crippen LogP contribution < -0.4 is 11.1 Å². The molecule has 0 saturated carbocycles. The number of nitrogens with two attached hydrogens (primary N) is 1. The number of nitrogens with one attached hydrogen (secondary N) is 1. The van der Waals surface area contributed by atoms with E-state index in [4.69, 9.17) is 22.4 Å². The molecule has 0 aliphatic heterocycles. The second-order valence-electron chi connectivity index (χ2n) is 5.28. The van der Waals surface area contributed by atoms with Gasteiger partial charge < -0.3 is 16.2 Å². The Morgan fingerprint density at radius 2 is 2.26 bits per heavy atom. The Morgan fingerprint density at radius 3 is 2.89 bits per heavy atom. The smallest absolute Gasteiger partial charge is 0.254 e. The van der Waals surface area contributed by atoms with Crippen LogP contribution in [-0.2, 0) is 0 Å². The number of pyridine rings is 1. The highest BCUT2D eigenvalue weighted by atomic mass is 35.5. The highest BCUT2D eigenvalue weighted by Crippen LogP contribution is 2.21. The Kier molecular flexibility index (Phi) is 5.57. The second-order valence-corrected chi connectivity index (χ2v) is 5.64. The summed E-state index contributed by atoms with van der Waals surface area (Å²) in [5.41, 5.74) is 6.17. The normalized spacial score (nSPS) is 11.4. The van der Waals surface area contributed by atoms with E-state index in [0.717, 1.165) is 6.42 Å². The van der Waals surface area contributed by atoms with Gasteiger partial charge in [-0.1, -0.05) is 25.4 Å². The summed E-state index contributed by atoms with van der Waals surface area (Å²) < 4.78 is 0. The van der Waals surface area contributed by atoms with Crippen molar-refractivity contribution in [1.29, 1.82) is 0 Å². The third kappa shape index (κ3) is 5.04. The number of anilines is 1. The molecule has 0 atom stereocenters. The molecule has 0 bridgehead atoms. The van der Waals surface area contributed by atoms with E-state index in [2.05, 4.69) is 10.3 Å². The van der Waals surface area contributed by atoms with Crippen LogP contribution in [0.5, 0.6) is 0 Å². The van der Waals surface area contributed by atoms with Crippen molar-refractivity contribution in [2.45, 2.75) is 26.7 Å². The van der Waals surface area contributed by atoms with Crippen molar-refractivity contribution in [1.82, 2.24) is 10.3 Å². The van der Waals surface area contributed by atoms with E-state index < -0.39 is 0 Å². The maximum atomic E-state index is 12.0. The molecule has 5 nitrogen and oxygen atoms in total. The number of aromatic nitrogens is 1. The molecule has 1 rings (SSSR count). The first kappa shape index (κ1) is 15.7. The number of amides is 1. The molecule has 0 aliphatic carbocycles. The van der Waals surface area contributed by atoms with E-state index in [1.54, 1.807) is 0 Å². The zero-order chi connectivity index (χ0) is 14.5. The molecule has 0 aromatic carbocycles. The fourth-order valence-corrected chi connectivity index (χ4v) is 1.87. The van der Waals surface area contributed by atoms with Crippen LogP contribution in [0.3, 0.4) is 0 Å². The summed E-state index contributed by atoms with van der Waals surface area (Å²) in [7, 11) is 0. The minimum atomic E-state index is -0.290. The molecule has 0 spiro atoms. The van der Waals surface area contributed by atoms with Gasteiger partial charge in [-0.25, -0.2) is 4.98 Å². The summed E-state index contributed by atoms with van der Waals surface area (Å²) in [4.78, 5) is 15.8. The van der Waals surface area contributed by atoms with Gasteiger partial charge in [0.05, 0.1) is 17.4 Å². The van der Waals surface area contributed by atoms with Crippen LogP contribution in [0.15, 0.2) is 12.3 Å². The van der Waals surface area contributed by atoms with Crippen molar-refractivity contribution >= 4 is 23.2 Å². The lowest BCUT2D eigenvalue weighted by molar-refractivity contribution is 0.0933. The summed E-state index contributed by atoms with van der Waals surface area (Å²) in [5, 5.41) is 11.8. The first-order valence-corrected chi connectivity index (χ1v) is 6.53. The van der Waals surface area contributed by atoms with Crippen molar-refractivity contribution < 1.29 is 9.90 Å². The summed E-state index contributed by atoms with van der Waals surface area (Å²) in [6, 6.07) is 1.51. The number of rotatable bonds is 6. The predicted octanol–water partition coefficient (Wildman–Crippen LogP) is 1.85. The molecular weight excluding hydrogens is 266 g/mol. The van der Waals surface area contributed by atoms with Crippen molar-refractivity contribution in [2.24, 2.45) is 5.41 Å². The molecule has 106 valence electrons. The standard InChI is InChI=1S/C13H20ClN3O2/c1-13(2,4-3-5-18)8-17-12(19)10-6-9(15)7-16-11(10)14/h6-7,18H,3-5,8,15H2,1-2H3,(H,17,19). The molecule has 19 heavy (non-hydrogen) atoms. The summed E-state index contributed by atoms with van der Waals surface area (Å²) in [6.07, 6.45) is 2.94. The fraction of sp³-hybridized carbons (Fsp3) is 0.538. The third-order valence-electron chi connectivity index (χ3n) is 2.84. The lowest BCUT2D eigenvalue weighted by Crippen LogP contribution is -2.34. The van der Waals surface area contributed by atoms with E-state index >= 15 is 0 Å². The van der Waals surface area contributed by atoms with Gasteiger partial charge in [-0.05, 0) is 24.3 Å². The number of carbonyl (C=O) groups excluding carboxylic acids is 1. The number of nitrogens with zero attached hydrogens (tertiary/aromatic N) is 1. The van der Waals surface area contributed by atoms with Crippen molar-refractivity contribution in [3.05, 3.63) is 23.0 Å². The molecule has 0 radical (unpaired) electrons. The average molecular weight is 286 g/mol. The Morgan fingerprint density at radius 1 is 1.58 bits per heavy atom. The number of aliphatic hydroxyl groups excluding tert-OH is 1. The molecule has 1 aromatic rings. The lowest BCUT2D eigenvalue weighted by Gasteiger charge is -2.24. The largest absolute Gasteiger partial charge is 0.397 e. The maximum absolute atomic E-state index is 12.0. The summed E-state index contributed by atoms with van der Waals surface area (Å²) >= 11 is 5.86. The Hall–Kier alpha value is -1.33. The number of halogens is 1. The molecule has 1 heterocycles. The number of nitrogen functional groups attached to an aromatic ring is 1. The van der Waals surface area contributed by atoms with Crippen molar-refractivity contribution in [3.8, 4) is 0 Å². The summed E-state index contributed by atoms with van der Waals surface area (Å²) in [6.45, 7) is 4.71. The minimum Gasteiger partial charge on any atom is -0.397 e. The first-order valence-electron chi connectivity index (χ1n) is 6.16.